The molecule has 0 saturated heterocycles. The van der Waals surface area contributed by atoms with Gasteiger partial charge in [-0.25, -0.2) is 0 Å². The number of nitrogens with zero attached hydrogens (tertiary/aromatic N) is 2. The van der Waals surface area contributed by atoms with Crippen LogP contribution in [-0.2, 0) is 0 Å². The first kappa shape index (κ1) is 15.9. The van der Waals surface area contributed by atoms with Crippen LogP contribution in [0.25, 0.3) is 0 Å². The van der Waals surface area contributed by atoms with Crippen molar-refractivity contribution >= 4 is 0 Å². The molecular weight excluding hydrogens is 224 g/mol. The van der Waals surface area contributed by atoms with Gasteiger partial charge in [0, 0.05) is 18.6 Å². The van der Waals surface area contributed by atoms with Crippen molar-refractivity contribution in [3.8, 4) is 0 Å². The van der Waals surface area contributed by atoms with Crippen LogP contribution < -0.4 is 0 Å². The van der Waals surface area contributed by atoms with Gasteiger partial charge in [0.2, 0.25) is 0 Å². The van der Waals surface area contributed by atoms with Gasteiger partial charge in [-0.1, -0.05) is 20.8 Å². The molecular formula is C15H32N2O. The number of likely N-dealkylation sites (N-methyl/N-ethyl adjacent to an activating group) is 2. The lowest BCUT2D eigenvalue weighted by Gasteiger charge is -2.46. The van der Waals surface area contributed by atoms with Gasteiger partial charge in [0.05, 0.1) is 6.10 Å². The van der Waals surface area contributed by atoms with E-state index in [9.17, 15) is 5.11 Å². The zero-order valence-corrected chi connectivity index (χ0v) is 13.1. The summed E-state index contributed by atoms with van der Waals surface area (Å²) in [6.07, 6.45) is 3.05. The summed E-state index contributed by atoms with van der Waals surface area (Å²) in [5.41, 5.74) is 0.370. The summed E-state index contributed by atoms with van der Waals surface area (Å²) in [5, 5.41) is 10.3. The highest BCUT2D eigenvalue weighted by atomic mass is 16.3. The van der Waals surface area contributed by atoms with Crippen LogP contribution >= 0.6 is 0 Å². The van der Waals surface area contributed by atoms with Crippen LogP contribution in [0.4, 0.5) is 0 Å². The minimum absolute atomic E-state index is 0.150. The zero-order chi connectivity index (χ0) is 13.9. The summed E-state index contributed by atoms with van der Waals surface area (Å²) in [4.78, 5) is 4.72. The Bertz CT molecular complexity index is 253. The summed E-state index contributed by atoms with van der Waals surface area (Å²) in [5.74, 6) is 0. The lowest BCUT2D eigenvalue weighted by molar-refractivity contribution is -0.0326. The number of aliphatic hydroxyl groups is 1. The molecule has 0 aromatic rings. The first-order valence-electron chi connectivity index (χ1n) is 7.35. The number of aliphatic hydroxyl groups excluding tert-OH is 1. The molecule has 1 saturated carbocycles. The van der Waals surface area contributed by atoms with Crippen molar-refractivity contribution in [2.45, 2.75) is 65.1 Å². The van der Waals surface area contributed by atoms with E-state index in [1.165, 1.54) is 0 Å². The molecule has 1 rings (SSSR count). The first-order valence-corrected chi connectivity index (χ1v) is 7.35. The molecule has 3 unspecified atom stereocenters. The average Bonchev–Trinajstić information content (AvgIpc) is 2.23. The summed E-state index contributed by atoms with van der Waals surface area (Å²) in [7, 11) is 4.23. The summed E-state index contributed by atoms with van der Waals surface area (Å²) in [6.45, 7) is 11.2. The molecule has 1 aliphatic carbocycles. The lowest BCUT2D eigenvalue weighted by atomic mass is 9.73. The Morgan fingerprint density at radius 2 is 1.94 bits per heavy atom. The second-order valence-electron chi connectivity index (χ2n) is 6.98. The molecule has 1 N–H and O–H groups in total. The molecule has 108 valence electrons. The largest absolute Gasteiger partial charge is 0.391 e. The Morgan fingerprint density at radius 3 is 2.44 bits per heavy atom. The van der Waals surface area contributed by atoms with Crippen molar-refractivity contribution in [1.29, 1.82) is 0 Å². The van der Waals surface area contributed by atoms with Crippen LogP contribution in [0.3, 0.4) is 0 Å². The van der Waals surface area contributed by atoms with Crippen molar-refractivity contribution < 1.29 is 5.11 Å². The fourth-order valence-corrected chi connectivity index (χ4v) is 3.38. The van der Waals surface area contributed by atoms with Crippen LogP contribution in [0.5, 0.6) is 0 Å². The molecule has 1 aliphatic rings. The molecule has 3 heteroatoms. The van der Waals surface area contributed by atoms with Gasteiger partial charge in [0.15, 0.2) is 0 Å². The predicted molar refractivity (Wildman–Crippen MR) is 77.8 cm³/mol. The highest BCUT2D eigenvalue weighted by Gasteiger charge is 2.38. The Kier molecular flexibility index (Phi) is 5.63. The molecule has 1 fully saturated rings. The molecule has 0 aromatic carbocycles. The van der Waals surface area contributed by atoms with Crippen LogP contribution in [0, 0.1) is 5.41 Å². The summed E-state index contributed by atoms with van der Waals surface area (Å²) >= 11 is 0. The maximum Gasteiger partial charge on any atom is 0.0695 e. The third-order valence-electron chi connectivity index (χ3n) is 4.31. The van der Waals surface area contributed by atoms with E-state index in [1.54, 1.807) is 0 Å². The lowest BCUT2D eigenvalue weighted by Crippen LogP contribution is -2.54. The summed E-state index contributed by atoms with van der Waals surface area (Å²) in [6, 6.07) is 0.826. The fourth-order valence-electron chi connectivity index (χ4n) is 3.38. The normalized spacial score (nSPS) is 29.8. The molecule has 18 heavy (non-hydrogen) atoms. The Balaban J connectivity index is 2.73. The highest BCUT2D eigenvalue weighted by molar-refractivity contribution is 4.92. The second kappa shape index (κ2) is 6.36. The van der Waals surface area contributed by atoms with Gasteiger partial charge in [-0.2, -0.15) is 0 Å². The number of hydrogen-bond donors (Lipinski definition) is 1. The van der Waals surface area contributed by atoms with Crippen LogP contribution in [0.2, 0.25) is 0 Å². The minimum atomic E-state index is -0.150. The smallest absolute Gasteiger partial charge is 0.0695 e. The van der Waals surface area contributed by atoms with Gasteiger partial charge < -0.3 is 10.0 Å². The van der Waals surface area contributed by atoms with E-state index in [0.717, 1.165) is 32.4 Å². The monoisotopic (exact) mass is 256 g/mol. The Labute approximate surface area is 113 Å². The van der Waals surface area contributed by atoms with Gasteiger partial charge >= 0.3 is 0 Å². The van der Waals surface area contributed by atoms with Crippen LogP contribution in [-0.4, -0.2) is 60.3 Å². The molecule has 0 spiro atoms. The third-order valence-corrected chi connectivity index (χ3v) is 4.31. The third kappa shape index (κ3) is 4.22. The topological polar surface area (TPSA) is 26.7 Å². The standard InChI is InChI=1S/C15H32N2O/c1-7-17(12(2)11-16(5)6)13-10-15(3,4)9-8-14(13)18/h12-14,18H,7-11H2,1-6H3. The SMILES string of the molecule is CCN(C(C)CN(C)C)C1CC(C)(C)CCC1O. The molecule has 0 amide bonds. The van der Waals surface area contributed by atoms with Crippen molar-refractivity contribution in [2.75, 3.05) is 27.2 Å². The van der Waals surface area contributed by atoms with E-state index in [4.69, 9.17) is 0 Å². The number of hydrogen-bond acceptors (Lipinski definition) is 3. The first-order chi connectivity index (χ1) is 8.26. The maximum atomic E-state index is 10.3. The van der Waals surface area contributed by atoms with E-state index >= 15 is 0 Å². The molecule has 0 bridgehead atoms. The Hall–Kier alpha value is -0.120. The molecule has 3 atom stereocenters. The van der Waals surface area contributed by atoms with E-state index in [0.29, 0.717) is 17.5 Å². The van der Waals surface area contributed by atoms with Crippen molar-refractivity contribution in [1.82, 2.24) is 9.80 Å². The van der Waals surface area contributed by atoms with Crippen LogP contribution in [0.15, 0.2) is 0 Å². The maximum absolute atomic E-state index is 10.3. The molecule has 3 nitrogen and oxygen atoms in total. The van der Waals surface area contributed by atoms with Crippen molar-refractivity contribution in [2.24, 2.45) is 5.41 Å². The fraction of sp³-hybridized carbons (Fsp3) is 1.00. The molecule has 0 radical (unpaired) electrons. The quantitative estimate of drug-likeness (QED) is 0.817. The van der Waals surface area contributed by atoms with Gasteiger partial charge in [0.1, 0.15) is 0 Å². The summed E-state index contributed by atoms with van der Waals surface area (Å²) < 4.78 is 0. The molecule has 0 aliphatic heterocycles. The van der Waals surface area contributed by atoms with Gasteiger partial charge in [-0.3, -0.25) is 4.90 Å². The molecule has 0 heterocycles. The second-order valence-corrected chi connectivity index (χ2v) is 6.98. The Morgan fingerprint density at radius 1 is 1.33 bits per heavy atom. The van der Waals surface area contributed by atoms with Gasteiger partial charge in [-0.05, 0) is 52.2 Å². The van der Waals surface area contributed by atoms with Gasteiger partial charge in [0.25, 0.3) is 0 Å². The van der Waals surface area contributed by atoms with Crippen molar-refractivity contribution in [3.63, 3.8) is 0 Å². The number of rotatable bonds is 5. The predicted octanol–water partition coefficient (Wildman–Crippen LogP) is 2.20. The van der Waals surface area contributed by atoms with E-state index in [-0.39, 0.29) is 6.10 Å². The average molecular weight is 256 g/mol. The highest BCUT2D eigenvalue weighted by Crippen LogP contribution is 2.38. The van der Waals surface area contributed by atoms with Crippen LogP contribution in [0.1, 0.15) is 47.0 Å². The van der Waals surface area contributed by atoms with E-state index in [2.05, 4.69) is 51.6 Å². The minimum Gasteiger partial charge on any atom is -0.391 e. The van der Waals surface area contributed by atoms with Gasteiger partial charge in [-0.15, -0.1) is 0 Å². The van der Waals surface area contributed by atoms with Crippen molar-refractivity contribution in [3.05, 3.63) is 0 Å². The van der Waals surface area contributed by atoms with E-state index in [1.807, 2.05) is 0 Å². The van der Waals surface area contributed by atoms with E-state index < -0.39 is 0 Å². The molecule has 0 aromatic heterocycles. The zero-order valence-electron chi connectivity index (χ0n) is 13.1.